The number of halogens is 8. The van der Waals surface area contributed by atoms with Gasteiger partial charge >= 0.3 is 24.3 Å². The highest BCUT2D eigenvalue weighted by Gasteiger charge is 2.30. The first-order chi connectivity index (χ1) is 25.5. The van der Waals surface area contributed by atoms with Crippen LogP contribution in [0.2, 0.25) is 0 Å². The molecule has 4 atom stereocenters. The molecule has 1 aliphatic heterocycles. The third-order valence-electron chi connectivity index (χ3n) is 8.70. The van der Waals surface area contributed by atoms with Crippen molar-refractivity contribution in [2.75, 3.05) is 0 Å². The number of cyclic esters (lactones) is 2. The summed E-state index contributed by atoms with van der Waals surface area (Å²) in [6.07, 6.45) is 8.38. The molecule has 0 saturated heterocycles. The van der Waals surface area contributed by atoms with E-state index in [4.69, 9.17) is 32.7 Å². The first kappa shape index (κ1) is 44.8. The maximum atomic E-state index is 12.8. The van der Waals surface area contributed by atoms with Gasteiger partial charge in [0.05, 0.1) is 22.9 Å². The molecule has 0 unspecified atom stereocenters. The molecule has 3 rings (SSSR count). The molecule has 0 aromatic rings. The fraction of sp³-hybridized carbons (Fsp3) is 0.500. The summed E-state index contributed by atoms with van der Waals surface area (Å²) in [4.78, 5) is 51.2. The average Bonchev–Trinajstić information content (AvgIpc) is 3.51. The Morgan fingerprint density at radius 3 is 1.35 bits per heavy atom. The number of carbonyl (C=O) groups is 4. The summed E-state index contributed by atoms with van der Waals surface area (Å²) in [6, 6.07) is 0. The van der Waals surface area contributed by atoms with Crippen molar-refractivity contribution in [3.8, 4) is 0 Å². The molecule has 0 aromatic heterocycles. The minimum atomic E-state index is -4.38. The van der Waals surface area contributed by atoms with Crippen LogP contribution in [0.1, 0.15) is 89.9 Å². The Labute approximate surface area is 321 Å². The van der Waals surface area contributed by atoms with E-state index in [1.54, 1.807) is 24.3 Å². The summed E-state index contributed by atoms with van der Waals surface area (Å²) in [5.41, 5.74) is 0.764. The predicted octanol–water partition coefficient (Wildman–Crippen LogP) is 11.1. The zero-order valence-electron chi connectivity index (χ0n) is 29.6. The van der Waals surface area contributed by atoms with Crippen LogP contribution in [0.25, 0.3) is 0 Å². The van der Waals surface area contributed by atoms with Crippen molar-refractivity contribution in [2.45, 2.75) is 114 Å². The van der Waals surface area contributed by atoms with Crippen LogP contribution < -0.4 is 0 Å². The summed E-state index contributed by atoms with van der Waals surface area (Å²) in [5.74, 6) is -2.64. The molecule has 0 saturated carbocycles. The number of rotatable bonds is 6. The molecule has 0 fully saturated rings. The molecular formula is C40H44Cl2F6O6. The van der Waals surface area contributed by atoms with Gasteiger partial charge < -0.3 is 9.47 Å². The largest absolute Gasteiger partial charge is 0.462 e. The number of carbonyl (C=O) groups excluding carboxylic acids is 4. The van der Waals surface area contributed by atoms with E-state index in [1.807, 2.05) is 24.3 Å². The Morgan fingerprint density at radius 2 is 0.981 bits per heavy atom. The van der Waals surface area contributed by atoms with Crippen LogP contribution in [0, 0.1) is 11.8 Å². The Kier molecular flexibility index (Phi) is 18.3. The molecule has 0 aromatic carbocycles. The summed E-state index contributed by atoms with van der Waals surface area (Å²) in [7, 11) is 0. The van der Waals surface area contributed by atoms with Crippen molar-refractivity contribution >= 4 is 46.7 Å². The van der Waals surface area contributed by atoms with E-state index in [0.717, 1.165) is 12.2 Å². The molecule has 3 aliphatic rings. The number of fused-ring (bicyclic) bond motifs is 2. The highest BCUT2D eigenvalue weighted by Crippen LogP contribution is 2.34. The van der Waals surface area contributed by atoms with Crippen molar-refractivity contribution in [1.29, 1.82) is 0 Å². The van der Waals surface area contributed by atoms with E-state index >= 15 is 0 Å². The Morgan fingerprint density at radius 1 is 0.593 bits per heavy atom. The van der Waals surface area contributed by atoms with Crippen LogP contribution in [0.4, 0.5) is 26.3 Å². The number of alkyl halides is 6. The number of hydrogen-bond donors (Lipinski definition) is 0. The second-order valence-corrected chi connectivity index (χ2v) is 14.0. The van der Waals surface area contributed by atoms with E-state index in [0.29, 0.717) is 49.7 Å². The van der Waals surface area contributed by atoms with Gasteiger partial charge in [0.25, 0.3) is 0 Å². The van der Waals surface area contributed by atoms with Gasteiger partial charge in [-0.1, -0.05) is 96.1 Å². The van der Waals surface area contributed by atoms with Crippen LogP contribution in [0.5, 0.6) is 0 Å². The molecule has 0 amide bonds. The third-order valence-corrected chi connectivity index (χ3v) is 9.29. The van der Waals surface area contributed by atoms with E-state index < -0.39 is 49.3 Å². The Bertz CT molecular complexity index is 1460. The van der Waals surface area contributed by atoms with Gasteiger partial charge in [-0.3, -0.25) is 19.2 Å². The zero-order valence-corrected chi connectivity index (χ0v) is 31.1. The molecular weight excluding hydrogens is 761 g/mol. The van der Waals surface area contributed by atoms with Gasteiger partial charge in [0.1, 0.15) is 12.2 Å². The van der Waals surface area contributed by atoms with Gasteiger partial charge in [0, 0.05) is 61.5 Å². The van der Waals surface area contributed by atoms with Crippen molar-refractivity contribution in [3.05, 3.63) is 94.1 Å². The highest BCUT2D eigenvalue weighted by atomic mass is 35.5. The topological polar surface area (TPSA) is 86.7 Å². The summed E-state index contributed by atoms with van der Waals surface area (Å²) in [6.45, 7) is 0. The number of allylic oxidation sites excluding steroid dienone is 12. The van der Waals surface area contributed by atoms with Crippen LogP contribution in [0.15, 0.2) is 94.1 Å². The molecule has 1 heterocycles. The lowest BCUT2D eigenvalue weighted by atomic mass is 9.95. The van der Waals surface area contributed by atoms with Gasteiger partial charge in [0.2, 0.25) is 0 Å². The fourth-order valence-electron chi connectivity index (χ4n) is 5.95. The maximum absolute atomic E-state index is 12.8. The molecule has 0 bridgehead atoms. The normalized spacial score (nSPS) is 28.3. The first-order valence-corrected chi connectivity index (χ1v) is 18.6. The number of Topliss-reactive ketones (excluding diaryl/α,β-unsaturated/α-hetero) is 2. The van der Waals surface area contributed by atoms with E-state index in [-0.39, 0.29) is 72.0 Å². The first-order valence-electron chi connectivity index (χ1n) is 17.9. The quantitative estimate of drug-likeness (QED) is 0.151. The number of esters is 2. The minimum Gasteiger partial charge on any atom is -0.462 e. The molecule has 2 aliphatic carbocycles. The van der Waals surface area contributed by atoms with Crippen molar-refractivity contribution in [1.82, 2.24) is 0 Å². The summed E-state index contributed by atoms with van der Waals surface area (Å²) < 4.78 is 87.3. The lowest BCUT2D eigenvalue weighted by molar-refractivity contribution is -0.149. The maximum Gasteiger partial charge on any atom is 0.392 e. The zero-order chi connectivity index (χ0) is 39.7. The molecule has 296 valence electrons. The monoisotopic (exact) mass is 804 g/mol. The van der Waals surface area contributed by atoms with Gasteiger partial charge in [0.15, 0.2) is 11.6 Å². The Balaban J connectivity index is 1.78. The second kappa shape index (κ2) is 22.0. The van der Waals surface area contributed by atoms with E-state index in [9.17, 15) is 45.5 Å². The number of ketones is 2. The molecule has 0 radical (unpaired) electrons. The lowest BCUT2D eigenvalue weighted by Crippen LogP contribution is -2.18. The molecule has 0 spiro atoms. The molecule has 14 heteroatoms. The molecule has 54 heavy (non-hydrogen) atoms. The Hall–Kier alpha value is -3.64. The smallest absolute Gasteiger partial charge is 0.392 e. The van der Waals surface area contributed by atoms with Crippen LogP contribution in [0.3, 0.4) is 0 Å². The summed E-state index contributed by atoms with van der Waals surface area (Å²) in [5, 5.41) is 0.0622. The number of hydrogen-bond acceptors (Lipinski definition) is 6. The van der Waals surface area contributed by atoms with Crippen LogP contribution in [-0.2, 0) is 28.7 Å². The highest BCUT2D eigenvalue weighted by molar-refractivity contribution is 6.46. The van der Waals surface area contributed by atoms with E-state index in [2.05, 4.69) is 0 Å². The van der Waals surface area contributed by atoms with Crippen LogP contribution in [-0.4, -0.2) is 48.1 Å². The molecule has 0 N–H and O–H groups in total. The number of ether oxygens (including phenoxy) is 2. The van der Waals surface area contributed by atoms with Crippen molar-refractivity contribution < 1.29 is 55.0 Å². The minimum absolute atomic E-state index is 0.00933. The van der Waals surface area contributed by atoms with E-state index in [1.165, 1.54) is 12.2 Å². The van der Waals surface area contributed by atoms with Gasteiger partial charge in [-0.15, -0.1) is 0 Å². The third kappa shape index (κ3) is 16.8. The standard InChI is InChI=1S/C40H44Cl2F6O6/c41-33-25-27-13-5-1-3-7-17-35(49)53-29(15-9-11-23-39(43,44)45)20-22-32-28(26-34(42)38(32)52)14-6-2-4-8-18-36(50)54-30(19-21-31(27)37(33)51)16-10-12-24-40(46,47)48/h1-2,5-6,9-12,21-22,25-30H,3-4,7-8,13-20,23-24H2/b5-1-,6-2-,11-9-,12-10-,31-21+,32-22+/t27-,28-,29-,30-/m0/s1. The van der Waals surface area contributed by atoms with Gasteiger partial charge in [-0.25, -0.2) is 0 Å². The lowest BCUT2D eigenvalue weighted by Gasteiger charge is -2.17. The van der Waals surface area contributed by atoms with Gasteiger partial charge in [-0.2, -0.15) is 26.3 Å². The average molecular weight is 806 g/mol. The molecule has 6 nitrogen and oxygen atoms in total. The van der Waals surface area contributed by atoms with Crippen molar-refractivity contribution in [3.63, 3.8) is 0 Å². The summed E-state index contributed by atoms with van der Waals surface area (Å²) >= 11 is 12.3. The fourth-order valence-corrected chi connectivity index (χ4v) is 6.47. The van der Waals surface area contributed by atoms with Crippen molar-refractivity contribution in [2.24, 2.45) is 11.8 Å². The predicted molar refractivity (Wildman–Crippen MR) is 194 cm³/mol. The van der Waals surface area contributed by atoms with Crippen LogP contribution >= 0.6 is 23.2 Å². The van der Waals surface area contributed by atoms with Gasteiger partial charge in [-0.05, 0) is 38.5 Å². The SMILES string of the molecule is O=C1CCC/C=C\C[C@H]2C=C(Cl)C(=O)/C2=C/C[C@H](C/C=C\CC(F)(F)F)OC(=O)CCC/C=C\C[C@H]2C=C(Cl)C(=O)/C2=C/C[C@H](C/C=C\CC(F)(F)F)O1. The second-order valence-electron chi connectivity index (χ2n) is 13.2.